The number of carbonyl (C=O) groups excluding carboxylic acids is 2. The molecule has 2 aromatic rings. The summed E-state index contributed by atoms with van der Waals surface area (Å²) in [6.07, 6.45) is 3.97. The van der Waals surface area contributed by atoms with Crippen molar-refractivity contribution in [2.45, 2.75) is 32.7 Å². The van der Waals surface area contributed by atoms with Gasteiger partial charge in [0.1, 0.15) is 17.7 Å². The van der Waals surface area contributed by atoms with Crippen molar-refractivity contribution in [2.24, 2.45) is 5.92 Å². The van der Waals surface area contributed by atoms with E-state index in [0.717, 1.165) is 18.9 Å². The van der Waals surface area contributed by atoms with Crippen LogP contribution < -0.4 is 15.5 Å². The number of nitrogens with zero attached hydrogens (tertiary/aromatic N) is 2. The Morgan fingerprint density at radius 2 is 1.75 bits per heavy atom. The lowest BCUT2D eigenvalue weighted by Crippen LogP contribution is -2.47. The topological polar surface area (TPSA) is 74.3 Å². The van der Waals surface area contributed by atoms with Crippen molar-refractivity contribution < 1.29 is 14.0 Å². The highest BCUT2D eigenvalue weighted by molar-refractivity contribution is 6.01. The van der Waals surface area contributed by atoms with Gasteiger partial charge in [-0.05, 0) is 55.2 Å². The summed E-state index contributed by atoms with van der Waals surface area (Å²) in [6, 6.07) is 8.19. The molecule has 1 aromatic heterocycles. The quantitative estimate of drug-likeness (QED) is 0.802. The molecule has 1 aliphatic rings. The number of hydrogen-bond acceptors (Lipinski definition) is 4. The lowest BCUT2D eigenvalue weighted by molar-refractivity contribution is -0.118. The van der Waals surface area contributed by atoms with Crippen LogP contribution in [0.3, 0.4) is 0 Å². The zero-order valence-electron chi connectivity index (χ0n) is 16.1. The Morgan fingerprint density at radius 3 is 2.32 bits per heavy atom. The number of nitrogens with one attached hydrogen (secondary N) is 2. The van der Waals surface area contributed by atoms with Crippen LogP contribution in [0.25, 0.3) is 0 Å². The Hall–Kier alpha value is -2.96. The van der Waals surface area contributed by atoms with Gasteiger partial charge >= 0.3 is 0 Å². The van der Waals surface area contributed by atoms with Gasteiger partial charge in [0, 0.05) is 18.7 Å². The van der Waals surface area contributed by atoms with E-state index in [2.05, 4.69) is 20.5 Å². The first-order chi connectivity index (χ1) is 13.4. The predicted octanol–water partition coefficient (Wildman–Crippen LogP) is 3.21. The molecule has 2 N–H and O–H groups in total. The van der Waals surface area contributed by atoms with Gasteiger partial charge in [-0.3, -0.25) is 9.59 Å². The third kappa shape index (κ3) is 4.85. The summed E-state index contributed by atoms with van der Waals surface area (Å²) in [4.78, 5) is 31.7. The molecule has 2 heterocycles. The average Bonchev–Trinajstić information content (AvgIpc) is 3.21. The number of hydrogen-bond donors (Lipinski definition) is 2. The van der Waals surface area contributed by atoms with E-state index in [1.54, 1.807) is 6.20 Å². The van der Waals surface area contributed by atoms with Gasteiger partial charge < -0.3 is 15.5 Å². The molecule has 0 aliphatic carbocycles. The van der Waals surface area contributed by atoms with Gasteiger partial charge in [-0.15, -0.1) is 0 Å². The van der Waals surface area contributed by atoms with E-state index < -0.39 is 17.8 Å². The minimum Gasteiger partial charge on any atom is -0.357 e. The molecule has 1 aliphatic heterocycles. The monoisotopic (exact) mass is 384 g/mol. The standard InChI is InChI=1S/C21H25FN4O2/c1-14(2)19(25-20(27)15-5-7-16(22)8-6-15)21(28)24-17-9-10-18(23-13-17)26-11-3-4-12-26/h5-10,13-14,19H,3-4,11-12H2,1-2H3,(H,24,28)(H,25,27). The van der Waals surface area contributed by atoms with Crippen molar-refractivity contribution in [1.82, 2.24) is 10.3 Å². The van der Waals surface area contributed by atoms with Gasteiger partial charge in [0.2, 0.25) is 5.91 Å². The van der Waals surface area contributed by atoms with Crippen LogP contribution in [0.4, 0.5) is 15.9 Å². The molecule has 1 unspecified atom stereocenters. The van der Waals surface area contributed by atoms with Gasteiger partial charge in [0.15, 0.2) is 0 Å². The lowest BCUT2D eigenvalue weighted by atomic mass is 10.0. The van der Waals surface area contributed by atoms with Crippen LogP contribution in [0.2, 0.25) is 0 Å². The number of amides is 2. The molecule has 6 nitrogen and oxygen atoms in total. The van der Waals surface area contributed by atoms with Crippen molar-refractivity contribution in [1.29, 1.82) is 0 Å². The van der Waals surface area contributed by atoms with Crippen LogP contribution in [-0.4, -0.2) is 35.9 Å². The maximum absolute atomic E-state index is 13.0. The molecule has 1 atom stereocenters. The summed E-state index contributed by atoms with van der Waals surface area (Å²) in [5.41, 5.74) is 0.881. The number of anilines is 2. The van der Waals surface area contributed by atoms with E-state index in [1.165, 1.54) is 37.1 Å². The molecule has 7 heteroatoms. The Morgan fingerprint density at radius 1 is 1.07 bits per heavy atom. The Kier molecular flexibility index (Phi) is 6.23. The second-order valence-electron chi connectivity index (χ2n) is 7.29. The first-order valence-corrected chi connectivity index (χ1v) is 9.52. The van der Waals surface area contributed by atoms with E-state index in [4.69, 9.17) is 0 Å². The molecule has 1 aromatic carbocycles. The molecular weight excluding hydrogens is 359 g/mol. The SMILES string of the molecule is CC(C)C(NC(=O)c1ccc(F)cc1)C(=O)Nc1ccc(N2CCCC2)nc1. The summed E-state index contributed by atoms with van der Waals surface area (Å²) in [5.74, 6) is -0.376. The van der Waals surface area contributed by atoms with Crippen LogP contribution in [0.5, 0.6) is 0 Å². The number of rotatable bonds is 6. The van der Waals surface area contributed by atoms with Crippen LogP contribution in [-0.2, 0) is 4.79 Å². The molecule has 2 amide bonds. The maximum atomic E-state index is 13.0. The molecule has 0 saturated carbocycles. The third-order valence-electron chi connectivity index (χ3n) is 4.79. The first-order valence-electron chi connectivity index (χ1n) is 9.52. The molecule has 0 radical (unpaired) electrons. The zero-order chi connectivity index (χ0) is 20.1. The molecule has 3 rings (SSSR count). The highest BCUT2D eigenvalue weighted by atomic mass is 19.1. The maximum Gasteiger partial charge on any atom is 0.251 e. The minimum atomic E-state index is -0.726. The average molecular weight is 384 g/mol. The minimum absolute atomic E-state index is 0.124. The van der Waals surface area contributed by atoms with Crippen LogP contribution >= 0.6 is 0 Å². The Bertz CT molecular complexity index is 815. The van der Waals surface area contributed by atoms with Crippen LogP contribution in [0.1, 0.15) is 37.0 Å². The summed E-state index contributed by atoms with van der Waals surface area (Å²) in [5, 5.41) is 5.54. The van der Waals surface area contributed by atoms with Gasteiger partial charge in [-0.1, -0.05) is 13.8 Å². The molecule has 0 spiro atoms. The molecule has 148 valence electrons. The normalized spacial score (nSPS) is 14.8. The number of pyridine rings is 1. The molecule has 1 saturated heterocycles. The largest absolute Gasteiger partial charge is 0.357 e. The van der Waals surface area contributed by atoms with Crippen molar-refractivity contribution in [3.8, 4) is 0 Å². The summed E-state index contributed by atoms with van der Waals surface area (Å²) in [6.45, 7) is 5.71. The van der Waals surface area contributed by atoms with Gasteiger partial charge in [0.25, 0.3) is 5.91 Å². The summed E-state index contributed by atoms with van der Waals surface area (Å²) < 4.78 is 13.0. The van der Waals surface area contributed by atoms with E-state index in [0.29, 0.717) is 11.3 Å². The number of benzene rings is 1. The van der Waals surface area contributed by atoms with Gasteiger partial charge in [-0.25, -0.2) is 9.37 Å². The predicted molar refractivity (Wildman–Crippen MR) is 107 cm³/mol. The number of aromatic nitrogens is 1. The number of halogens is 1. The molecule has 28 heavy (non-hydrogen) atoms. The molecule has 1 fully saturated rings. The van der Waals surface area contributed by atoms with E-state index in [1.807, 2.05) is 26.0 Å². The van der Waals surface area contributed by atoms with Crippen LogP contribution in [0, 0.1) is 11.7 Å². The highest BCUT2D eigenvalue weighted by Gasteiger charge is 2.25. The van der Waals surface area contributed by atoms with Crippen LogP contribution in [0.15, 0.2) is 42.6 Å². The van der Waals surface area contributed by atoms with Crippen molar-refractivity contribution in [3.05, 3.63) is 54.0 Å². The van der Waals surface area contributed by atoms with Gasteiger partial charge in [-0.2, -0.15) is 0 Å². The fourth-order valence-electron chi connectivity index (χ4n) is 3.17. The second kappa shape index (κ2) is 8.82. The fraction of sp³-hybridized carbons (Fsp3) is 0.381. The zero-order valence-corrected chi connectivity index (χ0v) is 16.1. The fourth-order valence-corrected chi connectivity index (χ4v) is 3.17. The van der Waals surface area contributed by atoms with E-state index in [9.17, 15) is 14.0 Å². The van der Waals surface area contributed by atoms with E-state index >= 15 is 0 Å². The van der Waals surface area contributed by atoms with Crippen molar-refractivity contribution in [3.63, 3.8) is 0 Å². The summed E-state index contributed by atoms with van der Waals surface area (Å²) in [7, 11) is 0. The Balaban J connectivity index is 1.64. The van der Waals surface area contributed by atoms with E-state index in [-0.39, 0.29) is 11.8 Å². The summed E-state index contributed by atoms with van der Waals surface area (Å²) >= 11 is 0. The van der Waals surface area contributed by atoms with Crippen molar-refractivity contribution in [2.75, 3.05) is 23.3 Å². The molecular formula is C21H25FN4O2. The van der Waals surface area contributed by atoms with Crippen molar-refractivity contribution >= 4 is 23.3 Å². The molecule has 0 bridgehead atoms. The highest BCUT2D eigenvalue weighted by Crippen LogP contribution is 2.19. The second-order valence-corrected chi connectivity index (χ2v) is 7.29. The number of carbonyl (C=O) groups is 2. The van der Waals surface area contributed by atoms with Gasteiger partial charge in [0.05, 0.1) is 11.9 Å². The smallest absolute Gasteiger partial charge is 0.251 e. The first kappa shape index (κ1) is 19.8. The lowest BCUT2D eigenvalue weighted by Gasteiger charge is -2.22. The Labute approximate surface area is 164 Å². The third-order valence-corrected chi connectivity index (χ3v) is 4.79.